The standard InChI is InChI=1S/C58H38N2/c1-4-16-39(17-5-1)45-33-34-51(53(36-45)41-20-8-3-9-21-41)56-38-55(50-27-15-14-24-47(50)40-18-6-2-7-19-40)59-58(60-56)44-30-28-43(29-31-44)57-49-26-13-11-23-46(49)37-54-48-25-12-10-22-42(48)32-35-52(54)57/h1-38H. The minimum absolute atomic E-state index is 0.678. The molecule has 0 saturated heterocycles. The first-order valence-corrected chi connectivity index (χ1v) is 20.5. The van der Waals surface area contributed by atoms with Gasteiger partial charge in [-0.25, -0.2) is 9.97 Å². The summed E-state index contributed by atoms with van der Waals surface area (Å²) in [6.07, 6.45) is 0. The van der Waals surface area contributed by atoms with Gasteiger partial charge in [-0.3, -0.25) is 0 Å². The molecule has 0 saturated carbocycles. The Morgan fingerprint density at radius 1 is 0.233 bits per heavy atom. The molecule has 0 amide bonds. The number of rotatable bonds is 7. The summed E-state index contributed by atoms with van der Waals surface area (Å²) in [5.74, 6) is 0.678. The molecular weight excluding hydrogens is 725 g/mol. The fourth-order valence-electron chi connectivity index (χ4n) is 8.78. The van der Waals surface area contributed by atoms with Crippen LogP contribution in [0.15, 0.2) is 231 Å². The highest BCUT2D eigenvalue weighted by Crippen LogP contribution is 2.42. The van der Waals surface area contributed by atoms with Gasteiger partial charge in [-0.05, 0) is 95.0 Å². The Kier molecular flexibility index (Phi) is 8.87. The van der Waals surface area contributed by atoms with Gasteiger partial charge in [0.05, 0.1) is 11.4 Å². The van der Waals surface area contributed by atoms with E-state index < -0.39 is 0 Å². The van der Waals surface area contributed by atoms with E-state index in [9.17, 15) is 0 Å². The van der Waals surface area contributed by atoms with Gasteiger partial charge in [0.25, 0.3) is 0 Å². The smallest absolute Gasteiger partial charge is 0.160 e. The van der Waals surface area contributed by atoms with Gasteiger partial charge in [-0.15, -0.1) is 0 Å². The molecule has 0 bridgehead atoms. The van der Waals surface area contributed by atoms with Crippen molar-refractivity contribution in [2.45, 2.75) is 0 Å². The molecule has 0 N–H and O–H groups in total. The first kappa shape index (κ1) is 35.2. The molecule has 60 heavy (non-hydrogen) atoms. The maximum atomic E-state index is 5.42. The molecule has 10 aromatic carbocycles. The number of hydrogen-bond donors (Lipinski definition) is 0. The van der Waals surface area contributed by atoms with Crippen LogP contribution < -0.4 is 0 Å². The van der Waals surface area contributed by atoms with Crippen molar-refractivity contribution < 1.29 is 0 Å². The number of fused-ring (bicyclic) bond motifs is 4. The zero-order chi connectivity index (χ0) is 39.8. The Bertz CT molecular complexity index is 3340. The van der Waals surface area contributed by atoms with E-state index in [0.29, 0.717) is 5.82 Å². The molecule has 0 aliphatic carbocycles. The zero-order valence-electron chi connectivity index (χ0n) is 32.8. The Morgan fingerprint density at radius 2 is 0.750 bits per heavy atom. The normalized spacial score (nSPS) is 11.3. The SMILES string of the molecule is c1ccc(-c2ccc(-c3cc(-c4ccccc4-c4ccccc4)nc(-c4ccc(-c5c6ccccc6cc6c5ccc5ccccc56)cc4)n3)c(-c3ccccc3)c2)cc1. The molecule has 0 fully saturated rings. The number of aromatic nitrogens is 2. The van der Waals surface area contributed by atoms with E-state index in [1.54, 1.807) is 0 Å². The summed E-state index contributed by atoms with van der Waals surface area (Å²) in [6.45, 7) is 0. The van der Waals surface area contributed by atoms with Crippen molar-refractivity contribution in [2.75, 3.05) is 0 Å². The quantitative estimate of drug-likeness (QED) is 0.119. The molecule has 0 unspecified atom stereocenters. The van der Waals surface area contributed by atoms with E-state index in [1.165, 1.54) is 43.4 Å². The summed E-state index contributed by atoms with van der Waals surface area (Å²) in [4.78, 5) is 10.8. The molecular formula is C58H38N2. The molecule has 1 heterocycles. The van der Waals surface area contributed by atoms with Crippen LogP contribution in [0.5, 0.6) is 0 Å². The Morgan fingerprint density at radius 3 is 1.45 bits per heavy atom. The summed E-state index contributed by atoms with van der Waals surface area (Å²) >= 11 is 0. The Hall–Kier alpha value is -7.94. The van der Waals surface area contributed by atoms with Crippen LogP contribution in [0.3, 0.4) is 0 Å². The fourth-order valence-corrected chi connectivity index (χ4v) is 8.78. The van der Waals surface area contributed by atoms with Gasteiger partial charge in [0.2, 0.25) is 0 Å². The van der Waals surface area contributed by atoms with Gasteiger partial charge < -0.3 is 0 Å². The minimum Gasteiger partial charge on any atom is -0.228 e. The van der Waals surface area contributed by atoms with Gasteiger partial charge in [-0.2, -0.15) is 0 Å². The van der Waals surface area contributed by atoms with Crippen LogP contribution >= 0.6 is 0 Å². The largest absolute Gasteiger partial charge is 0.228 e. The first-order valence-electron chi connectivity index (χ1n) is 20.5. The topological polar surface area (TPSA) is 25.8 Å². The number of benzene rings is 10. The Balaban J connectivity index is 1.11. The van der Waals surface area contributed by atoms with Crippen molar-refractivity contribution in [3.8, 4) is 78.4 Å². The molecule has 2 nitrogen and oxygen atoms in total. The molecule has 1 aromatic heterocycles. The maximum absolute atomic E-state index is 5.42. The average Bonchev–Trinajstić information content (AvgIpc) is 3.34. The monoisotopic (exact) mass is 762 g/mol. The highest BCUT2D eigenvalue weighted by atomic mass is 14.9. The highest BCUT2D eigenvalue weighted by molar-refractivity contribution is 6.20. The van der Waals surface area contributed by atoms with Gasteiger partial charge in [-0.1, -0.05) is 212 Å². The van der Waals surface area contributed by atoms with Gasteiger partial charge in [0.1, 0.15) is 0 Å². The van der Waals surface area contributed by atoms with E-state index in [1.807, 2.05) is 0 Å². The second kappa shape index (κ2) is 15.1. The molecule has 0 aliphatic rings. The molecule has 2 heteroatoms. The van der Waals surface area contributed by atoms with Crippen LogP contribution in [0.25, 0.3) is 111 Å². The van der Waals surface area contributed by atoms with Gasteiger partial charge in [0.15, 0.2) is 5.82 Å². The molecule has 0 radical (unpaired) electrons. The van der Waals surface area contributed by atoms with E-state index in [2.05, 4.69) is 231 Å². The fraction of sp³-hybridized carbons (Fsp3) is 0. The molecule has 11 rings (SSSR count). The van der Waals surface area contributed by atoms with E-state index >= 15 is 0 Å². The van der Waals surface area contributed by atoms with Crippen LogP contribution in [0.4, 0.5) is 0 Å². The lowest BCUT2D eigenvalue weighted by Gasteiger charge is -2.16. The summed E-state index contributed by atoms with van der Waals surface area (Å²) in [6, 6.07) is 82.3. The predicted octanol–water partition coefficient (Wildman–Crippen LogP) is 15.6. The summed E-state index contributed by atoms with van der Waals surface area (Å²) in [5.41, 5.74) is 14.1. The van der Waals surface area contributed by atoms with Crippen molar-refractivity contribution in [2.24, 2.45) is 0 Å². The van der Waals surface area contributed by atoms with Crippen LogP contribution in [0, 0.1) is 0 Å². The number of hydrogen-bond acceptors (Lipinski definition) is 2. The maximum Gasteiger partial charge on any atom is 0.160 e. The van der Waals surface area contributed by atoms with Crippen molar-refractivity contribution in [3.63, 3.8) is 0 Å². The second-order valence-electron chi connectivity index (χ2n) is 15.3. The second-order valence-corrected chi connectivity index (χ2v) is 15.3. The third-order valence-electron chi connectivity index (χ3n) is 11.7. The lowest BCUT2D eigenvalue weighted by molar-refractivity contribution is 1.18. The van der Waals surface area contributed by atoms with Crippen LogP contribution in [-0.4, -0.2) is 9.97 Å². The third kappa shape index (κ3) is 6.41. The van der Waals surface area contributed by atoms with Gasteiger partial charge in [0, 0.05) is 16.7 Å². The average molecular weight is 763 g/mol. The van der Waals surface area contributed by atoms with E-state index in [0.717, 1.165) is 61.5 Å². The first-order chi connectivity index (χ1) is 29.7. The highest BCUT2D eigenvalue weighted by Gasteiger charge is 2.18. The predicted molar refractivity (Wildman–Crippen MR) is 253 cm³/mol. The lowest BCUT2D eigenvalue weighted by atomic mass is 9.89. The Labute approximate surface area is 349 Å². The lowest BCUT2D eigenvalue weighted by Crippen LogP contribution is -1.98. The van der Waals surface area contributed by atoms with Crippen molar-refractivity contribution in [1.29, 1.82) is 0 Å². The zero-order valence-corrected chi connectivity index (χ0v) is 32.8. The summed E-state index contributed by atoms with van der Waals surface area (Å²) < 4.78 is 0. The van der Waals surface area contributed by atoms with E-state index in [4.69, 9.17) is 9.97 Å². The third-order valence-corrected chi connectivity index (χ3v) is 11.7. The van der Waals surface area contributed by atoms with Crippen molar-refractivity contribution in [3.05, 3.63) is 231 Å². The van der Waals surface area contributed by atoms with Crippen LogP contribution in [0.2, 0.25) is 0 Å². The van der Waals surface area contributed by atoms with Crippen LogP contribution in [0.1, 0.15) is 0 Å². The van der Waals surface area contributed by atoms with Crippen molar-refractivity contribution in [1.82, 2.24) is 9.97 Å². The van der Waals surface area contributed by atoms with Gasteiger partial charge >= 0.3 is 0 Å². The number of nitrogens with zero attached hydrogens (tertiary/aromatic N) is 2. The van der Waals surface area contributed by atoms with Crippen LogP contribution in [-0.2, 0) is 0 Å². The molecule has 280 valence electrons. The molecule has 0 spiro atoms. The van der Waals surface area contributed by atoms with Crippen molar-refractivity contribution >= 4 is 32.3 Å². The van der Waals surface area contributed by atoms with E-state index in [-0.39, 0.29) is 0 Å². The molecule has 0 aliphatic heterocycles. The minimum atomic E-state index is 0.678. The molecule has 0 atom stereocenters. The molecule has 11 aromatic rings. The summed E-state index contributed by atoms with van der Waals surface area (Å²) in [7, 11) is 0. The summed E-state index contributed by atoms with van der Waals surface area (Å²) in [5, 5.41) is 7.47.